The number of nitrogens with zero attached hydrogens (tertiary/aromatic N) is 3. The number of likely N-dealkylation sites (tertiary alicyclic amines) is 1. The van der Waals surface area contributed by atoms with Crippen molar-refractivity contribution >= 4 is 5.91 Å². The van der Waals surface area contributed by atoms with E-state index in [1.807, 2.05) is 12.1 Å². The zero-order valence-electron chi connectivity index (χ0n) is 13.3. The van der Waals surface area contributed by atoms with Gasteiger partial charge < -0.3 is 14.7 Å². The first-order chi connectivity index (χ1) is 11.7. The number of benzene rings is 1. The molecule has 0 spiro atoms. The van der Waals surface area contributed by atoms with Crippen molar-refractivity contribution in [3.63, 3.8) is 0 Å². The lowest BCUT2D eigenvalue weighted by Crippen LogP contribution is -2.29. The lowest BCUT2D eigenvalue weighted by Gasteiger charge is -2.16. The van der Waals surface area contributed by atoms with Gasteiger partial charge >= 0.3 is 0 Å². The van der Waals surface area contributed by atoms with Gasteiger partial charge in [0.15, 0.2) is 0 Å². The Kier molecular flexibility index (Phi) is 3.90. The second kappa shape index (κ2) is 6.20. The number of fused-ring (bicyclic) bond motifs is 1. The van der Waals surface area contributed by atoms with Crippen molar-refractivity contribution < 1.29 is 14.6 Å². The molecule has 0 saturated carbocycles. The Morgan fingerprint density at radius 1 is 1.33 bits per heavy atom. The van der Waals surface area contributed by atoms with Gasteiger partial charge in [0.05, 0.1) is 18.4 Å². The van der Waals surface area contributed by atoms with Crippen molar-refractivity contribution in [3.05, 3.63) is 53.6 Å². The SMILES string of the molecule is O=C(c1ccc2c(c1)CCO2)N1C[C@@H](Cc2cnccn2)[C@H](O)C1. The molecule has 1 saturated heterocycles. The lowest BCUT2D eigenvalue weighted by molar-refractivity contribution is 0.0764. The zero-order chi connectivity index (χ0) is 16.5. The van der Waals surface area contributed by atoms with Gasteiger partial charge in [0.25, 0.3) is 5.91 Å². The quantitative estimate of drug-likeness (QED) is 0.914. The highest BCUT2D eigenvalue weighted by Crippen LogP contribution is 2.28. The predicted molar refractivity (Wildman–Crippen MR) is 86.8 cm³/mol. The second-order valence-electron chi connectivity index (χ2n) is 6.36. The van der Waals surface area contributed by atoms with Crippen LogP contribution in [0, 0.1) is 5.92 Å². The number of rotatable bonds is 3. The van der Waals surface area contributed by atoms with Gasteiger partial charge in [-0.2, -0.15) is 0 Å². The van der Waals surface area contributed by atoms with Crippen LogP contribution in [0.25, 0.3) is 0 Å². The van der Waals surface area contributed by atoms with Crippen LogP contribution in [-0.4, -0.2) is 51.7 Å². The standard InChI is InChI=1S/C18H19N3O3/c22-16-11-21(10-14(16)8-15-9-19-4-5-20-15)18(23)13-1-2-17-12(7-13)3-6-24-17/h1-2,4-5,7,9,14,16,22H,3,6,8,10-11H2/t14-,16-/m1/s1. The Bertz CT molecular complexity index is 750. The van der Waals surface area contributed by atoms with E-state index in [2.05, 4.69) is 9.97 Å². The Morgan fingerprint density at radius 2 is 2.25 bits per heavy atom. The van der Waals surface area contributed by atoms with Crippen LogP contribution in [-0.2, 0) is 12.8 Å². The Hall–Kier alpha value is -2.47. The molecule has 4 rings (SSSR count). The van der Waals surface area contributed by atoms with Gasteiger partial charge in [-0.3, -0.25) is 14.8 Å². The van der Waals surface area contributed by atoms with Crippen LogP contribution in [0.2, 0.25) is 0 Å². The van der Waals surface area contributed by atoms with E-state index >= 15 is 0 Å². The summed E-state index contributed by atoms with van der Waals surface area (Å²) >= 11 is 0. The van der Waals surface area contributed by atoms with Gasteiger partial charge in [-0.05, 0) is 30.2 Å². The fraction of sp³-hybridized carbons (Fsp3) is 0.389. The maximum absolute atomic E-state index is 12.7. The molecule has 6 heteroatoms. The largest absolute Gasteiger partial charge is 0.493 e. The molecule has 1 amide bonds. The monoisotopic (exact) mass is 325 g/mol. The summed E-state index contributed by atoms with van der Waals surface area (Å²) in [6, 6.07) is 5.57. The van der Waals surface area contributed by atoms with Crippen LogP contribution in [0.5, 0.6) is 5.75 Å². The Morgan fingerprint density at radius 3 is 3.08 bits per heavy atom. The maximum Gasteiger partial charge on any atom is 0.253 e. The minimum atomic E-state index is -0.534. The van der Waals surface area contributed by atoms with Crippen molar-refractivity contribution in [2.45, 2.75) is 18.9 Å². The van der Waals surface area contributed by atoms with Crippen LogP contribution in [0.3, 0.4) is 0 Å². The van der Waals surface area contributed by atoms with Gasteiger partial charge in [-0.25, -0.2) is 0 Å². The highest BCUT2D eigenvalue weighted by molar-refractivity contribution is 5.95. The summed E-state index contributed by atoms with van der Waals surface area (Å²) in [6.07, 6.45) is 5.91. The molecule has 1 aromatic carbocycles. The van der Waals surface area contributed by atoms with Gasteiger partial charge in [0.2, 0.25) is 0 Å². The fourth-order valence-electron chi connectivity index (χ4n) is 3.43. The number of amides is 1. The minimum absolute atomic E-state index is 0.0107. The number of carbonyl (C=O) groups is 1. The first-order valence-corrected chi connectivity index (χ1v) is 8.18. The summed E-state index contributed by atoms with van der Waals surface area (Å²) in [7, 11) is 0. The lowest BCUT2D eigenvalue weighted by atomic mass is 10.0. The molecule has 1 aromatic heterocycles. The minimum Gasteiger partial charge on any atom is -0.493 e. The molecular formula is C18H19N3O3. The molecule has 0 unspecified atom stereocenters. The first kappa shape index (κ1) is 15.1. The van der Waals surface area contributed by atoms with Crippen molar-refractivity contribution in [1.29, 1.82) is 0 Å². The van der Waals surface area contributed by atoms with E-state index in [0.717, 1.165) is 23.4 Å². The van der Waals surface area contributed by atoms with E-state index in [9.17, 15) is 9.90 Å². The smallest absolute Gasteiger partial charge is 0.253 e. The summed E-state index contributed by atoms with van der Waals surface area (Å²) in [4.78, 5) is 22.8. The van der Waals surface area contributed by atoms with Crippen molar-refractivity contribution in [2.24, 2.45) is 5.92 Å². The van der Waals surface area contributed by atoms with Crippen LogP contribution in [0.1, 0.15) is 21.6 Å². The van der Waals surface area contributed by atoms with Crippen molar-refractivity contribution in [1.82, 2.24) is 14.9 Å². The van der Waals surface area contributed by atoms with E-state index in [0.29, 0.717) is 31.7 Å². The zero-order valence-corrected chi connectivity index (χ0v) is 13.3. The topological polar surface area (TPSA) is 75.5 Å². The van der Waals surface area contributed by atoms with Crippen LogP contribution >= 0.6 is 0 Å². The van der Waals surface area contributed by atoms with Crippen LogP contribution < -0.4 is 4.74 Å². The van der Waals surface area contributed by atoms with Crippen LogP contribution in [0.4, 0.5) is 0 Å². The summed E-state index contributed by atoms with van der Waals surface area (Å²) in [6.45, 7) is 1.57. The van der Waals surface area contributed by atoms with E-state index in [1.165, 1.54) is 0 Å². The molecule has 6 nitrogen and oxygen atoms in total. The summed E-state index contributed by atoms with van der Waals surface area (Å²) in [5, 5.41) is 10.3. The highest BCUT2D eigenvalue weighted by Gasteiger charge is 2.34. The van der Waals surface area contributed by atoms with E-state index in [-0.39, 0.29) is 11.8 Å². The second-order valence-corrected chi connectivity index (χ2v) is 6.36. The van der Waals surface area contributed by atoms with Crippen LogP contribution in [0.15, 0.2) is 36.8 Å². The number of aliphatic hydroxyl groups excluding tert-OH is 1. The van der Waals surface area contributed by atoms with Gasteiger partial charge in [-0.15, -0.1) is 0 Å². The molecule has 24 heavy (non-hydrogen) atoms. The Balaban J connectivity index is 1.46. The number of aromatic nitrogens is 2. The van der Waals surface area contributed by atoms with Gasteiger partial charge in [0.1, 0.15) is 5.75 Å². The number of hydrogen-bond acceptors (Lipinski definition) is 5. The number of β-amino-alcohol motifs (C(OH)–C–C–N with tert-alkyl or cyclic N) is 1. The summed E-state index contributed by atoms with van der Waals surface area (Å²) in [5.74, 6) is 0.822. The van der Waals surface area contributed by atoms with Crippen molar-refractivity contribution in [3.8, 4) is 5.75 Å². The highest BCUT2D eigenvalue weighted by atomic mass is 16.5. The van der Waals surface area contributed by atoms with E-state index < -0.39 is 6.10 Å². The molecule has 0 bridgehead atoms. The molecular weight excluding hydrogens is 306 g/mol. The molecule has 1 N–H and O–H groups in total. The molecule has 0 aliphatic carbocycles. The third-order valence-corrected chi connectivity index (χ3v) is 4.72. The third-order valence-electron chi connectivity index (χ3n) is 4.72. The van der Waals surface area contributed by atoms with E-state index in [1.54, 1.807) is 29.6 Å². The first-order valence-electron chi connectivity index (χ1n) is 8.18. The molecule has 2 aliphatic heterocycles. The average Bonchev–Trinajstić information content (AvgIpc) is 3.21. The normalized spacial score (nSPS) is 22.3. The predicted octanol–water partition coefficient (Wildman–Crippen LogP) is 1.09. The number of ether oxygens (including phenoxy) is 1. The molecule has 2 atom stereocenters. The number of carbonyl (C=O) groups excluding carboxylic acids is 1. The third kappa shape index (κ3) is 2.85. The molecule has 0 radical (unpaired) electrons. The molecule has 2 aromatic rings. The average molecular weight is 325 g/mol. The Labute approximate surface area is 140 Å². The summed E-state index contributed by atoms with van der Waals surface area (Å²) < 4.78 is 5.48. The number of hydrogen-bond donors (Lipinski definition) is 1. The van der Waals surface area contributed by atoms with Gasteiger partial charge in [-0.1, -0.05) is 0 Å². The number of aliphatic hydroxyl groups is 1. The van der Waals surface area contributed by atoms with Crippen molar-refractivity contribution in [2.75, 3.05) is 19.7 Å². The van der Waals surface area contributed by atoms with Gasteiger partial charge in [0, 0.05) is 49.6 Å². The fourth-order valence-corrected chi connectivity index (χ4v) is 3.43. The summed E-state index contributed by atoms with van der Waals surface area (Å²) in [5.41, 5.74) is 2.58. The molecule has 3 heterocycles. The molecule has 1 fully saturated rings. The molecule has 124 valence electrons. The van der Waals surface area contributed by atoms with E-state index in [4.69, 9.17) is 4.74 Å². The molecule has 2 aliphatic rings. The maximum atomic E-state index is 12.7.